The lowest BCUT2D eigenvalue weighted by Gasteiger charge is -2.43. The Balaban J connectivity index is 1.35. The Bertz CT molecular complexity index is 618. The van der Waals surface area contributed by atoms with E-state index in [1.807, 2.05) is 23.1 Å². The molecule has 5 nitrogen and oxygen atoms in total. The van der Waals surface area contributed by atoms with Gasteiger partial charge in [0.25, 0.3) is 0 Å². The topological polar surface area (TPSA) is 34.2 Å². The van der Waals surface area contributed by atoms with Crippen LogP contribution in [-0.4, -0.2) is 62.8 Å². The number of halogens is 3. The fourth-order valence-corrected chi connectivity index (χ4v) is 3.77. The number of alkyl halides is 3. The number of nitrogens with zero attached hydrogens (tertiary/aromatic N) is 2. The third kappa shape index (κ3) is 3.50. The zero-order valence-corrected chi connectivity index (χ0v) is 13.8. The number of benzene rings is 1. The smallest absolute Gasteiger partial charge is 0.415 e. The van der Waals surface area contributed by atoms with E-state index in [9.17, 15) is 13.2 Å². The summed E-state index contributed by atoms with van der Waals surface area (Å²) in [5.41, 5.74) is 1.07. The molecule has 0 N–H and O–H groups in total. The van der Waals surface area contributed by atoms with Crippen molar-refractivity contribution in [3.8, 4) is 11.5 Å². The summed E-state index contributed by atoms with van der Waals surface area (Å²) in [6.07, 6.45) is -4.25. The molecule has 0 aromatic heterocycles. The summed E-state index contributed by atoms with van der Waals surface area (Å²) in [7, 11) is 0. The van der Waals surface area contributed by atoms with Gasteiger partial charge in [-0.25, -0.2) is 0 Å². The molecule has 1 aromatic carbocycles. The van der Waals surface area contributed by atoms with Crippen molar-refractivity contribution >= 4 is 5.69 Å². The lowest BCUT2D eigenvalue weighted by molar-refractivity contribution is -0.239. The summed E-state index contributed by atoms with van der Waals surface area (Å²) in [5.74, 6) is 1.51. The van der Waals surface area contributed by atoms with E-state index >= 15 is 0 Å². The van der Waals surface area contributed by atoms with Gasteiger partial charge in [-0.1, -0.05) is 0 Å². The number of fused-ring (bicyclic) bond motifs is 1. The van der Waals surface area contributed by atoms with Crippen LogP contribution in [0.15, 0.2) is 18.2 Å². The largest absolute Gasteiger partial charge is 0.454 e. The molecule has 0 spiro atoms. The maximum absolute atomic E-state index is 12.9. The summed E-state index contributed by atoms with van der Waals surface area (Å²) < 4.78 is 54.3. The van der Waals surface area contributed by atoms with Crippen molar-refractivity contribution in [2.75, 3.05) is 44.5 Å². The van der Waals surface area contributed by atoms with Crippen LogP contribution in [0.2, 0.25) is 0 Å². The van der Waals surface area contributed by atoms with Crippen molar-refractivity contribution in [2.24, 2.45) is 0 Å². The maximum Gasteiger partial charge on any atom is 0.415 e. The minimum absolute atomic E-state index is 0.0574. The first kappa shape index (κ1) is 16.8. The first-order valence-corrected chi connectivity index (χ1v) is 8.58. The molecule has 2 saturated heterocycles. The molecule has 0 radical (unpaired) electrons. The number of anilines is 1. The van der Waals surface area contributed by atoms with Crippen molar-refractivity contribution in [2.45, 2.75) is 31.2 Å². The zero-order chi connectivity index (χ0) is 17.4. The Labute approximate surface area is 144 Å². The van der Waals surface area contributed by atoms with Crippen LogP contribution >= 0.6 is 0 Å². The Kier molecular flexibility index (Phi) is 4.41. The van der Waals surface area contributed by atoms with Gasteiger partial charge in [-0.05, 0) is 25.0 Å². The van der Waals surface area contributed by atoms with Crippen molar-refractivity contribution in [3.05, 3.63) is 18.2 Å². The van der Waals surface area contributed by atoms with Gasteiger partial charge in [0, 0.05) is 44.0 Å². The van der Waals surface area contributed by atoms with E-state index in [1.54, 1.807) is 0 Å². The van der Waals surface area contributed by atoms with Crippen LogP contribution in [0.1, 0.15) is 12.8 Å². The Morgan fingerprint density at radius 2 is 1.76 bits per heavy atom. The lowest BCUT2D eigenvalue weighted by Crippen LogP contribution is -2.54. The second kappa shape index (κ2) is 6.57. The molecule has 0 amide bonds. The maximum atomic E-state index is 12.9. The van der Waals surface area contributed by atoms with Crippen molar-refractivity contribution in [1.29, 1.82) is 0 Å². The summed E-state index contributed by atoms with van der Waals surface area (Å²) >= 11 is 0. The van der Waals surface area contributed by atoms with Gasteiger partial charge in [-0.3, -0.25) is 4.90 Å². The SMILES string of the molecule is FC(F)(F)C1CN(C2CCN(c3ccc4c(c3)OCO4)CC2)CCO1. The highest BCUT2D eigenvalue weighted by Crippen LogP contribution is 2.36. The predicted octanol–water partition coefficient (Wildman–Crippen LogP) is 2.65. The van der Waals surface area contributed by atoms with Crippen molar-refractivity contribution < 1.29 is 27.4 Å². The zero-order valence-electron chi connectivity index (χ0n) is 13.8. The monoisotopic (exact) mass is 358 g/mol. The molecule has 3 aliphatic rings. The molecule has 138 valence electrons. The third-order valence-electron chi connectivity index (χ3n) is 5.17. The van der Waals surface area contributed by atoms with Gasteiger partial charge in [-0.15, -0.1) is 0 Å². The van der Waals surface area contributed by atoms with Gasteiger partial charge in [0.1, 0.15) is 0 Å². The molecule has 0 saturated carbocycles. The summed E-state index contributed by atoms with van der Waals surface area (Å²) in [6, 6.07) is 6.05. The molecule has 0 bridgehead atoms. The molecule has 0 aliphatic carbocycles. The van der Waals surface area contributed by atoms with Crippen LogP contribution in [0.3, 0.4) is 0 Å². The van der Waals surface area contributed by atoms with E-state index in [0.29, 0.717) is 6.54 Å². The van der Waals surface area contributed by atoms with E-state index in [-0.39, 0.29) is 26.0 Å². The van der Waals surface area contributed by atoms with Gasteiger partial charge < -0.3 is 19.1 Å². The van der Waals surface area contributed by atoms with E-state index < -0.39 is 12.3 Å². The highest BCUT2D eigenvalue weighted by atomic mass is 19.4. The van der Waals surface area contributed by atoms with E-state index in [4.69, 9.17) is 14.2 Å². The van der Waals surface area contributed by atoms with Gasteiger partial charge >= 0.3 is 6.18 Å². The first-order chi connectivity index (χ1) is 12.0. The van der Waals surface area contributed by atoms with Crippen molar-refractivity contribution in [1.82, 2.24) is 4.90 Å². The molecule has 4 rings (SSSR count). The predicted molar refractivity (Wildman–Crippen MR) is 85.2 cm³/mol. The van der Waals surface area contributed by atoms with Crippen LogP contribution < -0.4 is 14.4 Å². The van der Waals surface area contributed by atoms with Gasteiger partial charge in [0.15, 0.2) is 17.6 Å². The third-order valence-corrected chi connectivity index (χ3v) is 5.17. The van der Waals surface area contributed by atoms with Crippen molar-refractivity contribution in [3.63, 3.8) is 0 Å². The number of ether oxygens (including phenoxy) is 3. The average Bonchev–Trinajstić information content (AvgIpc) is 3.09. The number of rotatable bonds is 2. The highest BCUT2D eigenvalue weighted by Gasteiger charge is 2.44. The van der Waals surface area contributed by atoms with Crippen LogP contribution in [0.4, 0.5) is 18.9 Å². The Morgan fingerprint density at radius 3 is 2.52 bits per heavy atom. The molecule has 3 aliphatic heterocycles. The van der Waals surface area contributed by atoms with Crippen LogP contribution in [0, 0.1) is 0 Å². The first-order valence-electron chi connectivity index (χ1n) is 8.58. The highest BCUT2D eigenvalue weighted by molar-refractivity contribution is 5.57. The van der Waals surface area contributed by atoms with Gasteiger partial charge in [-0.2, -0.15) is 13.2 Å². The fourth-order valence-electron chi connectivity index (χ4n) is 3.77. The number of hydrogen-bond acceptors (Lipinski definition) is 5. The van der Waals surface area contributed by atoms with E-state index in [2.05, 4.69) is 4.90 Å². The molecule has 1 aromatic rings. The van der Waals surface area contributed by atoms with Crippen LogP contribution in [0.5, 0.6) is 11.5 Å². The molecule has 8 heteroatoms. The lowest BCUT2D eigenvalue weighted by atomic mass is 10.0. The summed E-state index contributed by atoms with van der Waals surface area (Å²) in [6.45, 7) is 2.54. The molecular weight excluding hydrogens is 337 g/mol. The average molecular weight is 358 g/mol. The normalized spacial score (nSPS) is 25.4. The fraction of sp³-hybridized carbons (Fsp3) is 0.647. The second-order valence-corrected chi connectivity index (χ2v) is 6.65. The standard InChI is InChI=1S/C17H21F3N2O3/c18-17(19,20)16-10-22(7-8-23-16)12-3-5-21(6-4-12)13-1-2-14-15(9-13)25-11-24-14/h1-2,9,12,16H,3-8,10-11H2. The quantitative estimate of drug-likeness (QED) is 0.812. The Morgan fingerprint density at radius 1 is 1.00 bits per heavy atom. The second-order valence-electron chi connectivity index (χ2n) is 6.65. The minimum Gasteiger partial charge on any atom is -0.454 e. The molecular formula is C17H21F3N2O3. The van der Waals surface area contributed by atoms with Gasteiger partial charge in [0.05, 0.1) is 6.61 Å². The molecule has 1 atom stereocenters. The molecule has 25 heavy (non-hydrogen) atoms. The van der Waals surface area contributed by atoms with Crippen LogP contribution in [-0.2, 0) is 4.74 Å². The summed E-state index contributed by atoms with van der Waals surface area (Å²) in [5, 5.41) is 0. The van der Waals surface area contributed by atoms with E-state index in [1.165, 1.54) is 0 Å². The van der Waals surface area contributed by atoms with Crippen LogP contribution in [0.25, 0.3) is 0 Å². The molecule has 3 heterocycles. The van der Waals surface area contributed by atoms with E-state index in [0.717, 1.165) is 43.1 Å². The van der Waals surface area contributed by atoms with Gasteiger partial charge in [0.2, 0.25) is 6.79 Å². The molecule has 1 unspecified atom stereocenters. The Hall–Kier alpha value is -1.67. The summed E-state index contributed by atoms with van der Waals surface area (Å²) in [4.78, 5) is 4.19. The number of hydrogen-bond donors (Lipinski definition) is 0. The molecule has 2 fully saturated rings. The number of morpholine rings is 1. The minimum atomic E-state index is -4.29. The number of piperidine rings is 1.